The first-order valence-electron chi connectivity index (χ1n) is 7.89. The molecule has 0 spiro atoms. The fourth-order valence-corrected chi connectivity index (χ4v) is 2.55. The van der Waals surface area contributed by atoms with Gasteiger partial charge in [-0.15, -0.1) is 0 Å². The molecule has 126 valence electrons. The average Bonchev–Trinajstić information content (AvgIpc) is 3.09. The zero-order chi connectivity index (χ0) is 16.9. The molecule has 0 atom stereocenters. The maximum atomic E-state index is 13.5. The molecule has 1 fully saturated rings. The Kier molecular flexibility index (Phi) is 4.88. The van der Waals surface area contributed by atoms with Crippen molar-refractivity contribution in [3.8, 4) is 5.88 Å². The zero-order valence-electron chi connectivity index (χ0n) is 13.5. The number of ether oxygens (including phenoxy) is 1. The van der Waals surface area contributed by atoms with Gasteiger partial charge in [-0.3, -0.25) is 4.79 Å². The molecule has 24 heavy (non-hydrogen) atoms. The van der Waals surface area contributed by atoms with Gasteiger partial charge >= 0.3 is 0 Å². The Bertz CT molecular complexity index is 732. The minimum atomic E-state index is -0.486. The monoisotopic (exact) mass is 330 g/mol. The molecule has 6 nitrogen and oxygen atoms in total. The van der Waals surface area contributed by atoms with Crippen LogP contribution in [-0.2, 0) is 4.79 Å². The molecule has 2 heterocycles. The largest absolute Gasteiger partial charge is 0.467 e. The van der Waals surface area contributed by atoms with Crippen LogP contribution in [-0.4, -0.2) is 35.6 Å². The van der Waals surface area contributed by atoms with E-state index in [9.17, 15) is 9.18 Å². The summed E-state index contributed by atoms with van der Waals surface area (Å²) >= 11 is 0. The van der Waals surface area contributed by atoms with Crippen LogP contribution >= 0.6 is 0 Å². The van der Waals surface area contributed by atoms with Gasteiger partial charge in [0.1, 0.15) is 5.82 Å². The standard InChI is InChI=1S/C17H19FN4O2/c1-12-10-16(21-17(19-12)22-8-4-5-9-22)24-11-15(23)20-14-7-3-2-6-13(14)18/h2-3,6-7,10H,4-5,8-9,11H2,1H3,(H,20,23). The molecule has 1 N–H and O–H groups in total. The molecule has 0 radical (unpaired) electrons. The van der Waals surface area contributed by atoms with E-state index >= 15 is 0 Å². The van der Waals surface area contributed by atoms with Gasteiger partial charge in [0.2, 0.25) is 11.8 Å². The average molecular weight is 330 g/mol. The number of aromatic nitrogens is 2. The van der Waals surface area contributed by atoms with E-state index in [0.717, 1.165) is 31.6 Å². The second-order valence-corrected chi connectivity index (χ2v) is 5.66. The highest BCUT2D eigenvalue weighted by Crippen LogP contribution is 2.19. The number of nitrogens with one attached hydrogen (secondary N) is 1. The van der Waals surface area contributed by atoms with Crippen LogP contribution in [0.25, 0.3) is 0 Å². The molecule has 1 aromatic carbocycles. The first-order valence-corrected chi connectivity index (χ1v) is 7.89. The Hall–Kier alpha value is -2.70. The van der Waals surface area contributed by atoms with Crippen molar-refractivity contribution in [2.24, 2.45) is 0 Å². The highest BCUT2D eigenvalue weighted by molar-refractivity contribution is 5.91. The van der Waals surface area contributed by atoms with Gasteiger partial charge in [0.05, 0.1) is 5.69 Å². The Morgan fingerprint density at radius 1 is 1.29 bits per heavy atom. The van der Waals surface area contributed by atoms with Gasteiger partial charge in [0.15, 0.2) is 6.61 Å². The number of halogens is 1. The summed E-state index contributed by atoms with van der Waals surface area (Å²) < 4.78 is 19.0. The van der Waals surface area contributed by atoms with Gasteiger partial charge < -0.3 is 15.0 Å². The van der Waals surface area contributed by atoms with Crippen molar-refractivity contribution in [2.75, 3.05) is 29.9 Å². The number of hydrogen-bond acceptors (Lipinski definition) is 5. The molecule has 0 bridgehead atoms. The summed E-state index contributed by atoms with van der Waals surface area (Å²) in [5.74, 6) is 0.0317. The fraction of sp³-hybridized carbons (Fsp3) is 0.353. The number of aryl methyl sites for hydroxylation is 1. The SMILES string of the molecule is Cc1cc(OCC(=O)Nc2ccccc2F)nc(N2CCCC2)n1. The molecule has 1 amide bonds. The van der Waals surface area contributed by atoms with E-state index in [1.54, 1.807) is 18.2 Å². The molecule has 1 aliphatic heterocycles. The summed E-state index contributed by atoms with van der Waals surface area (Å²) in [6, 6.07) is 7.66. The zero-order valence-corrected chi connectivity index (χ0v) is 13.5. The van der Waals surface area contributed by atoms with Crippen LogP contribution in [0.1, 0.15) is 18.5 Å². The van der Waals surface area contributed by atoms with Crippen LogP contribution in [0.4, 0.5) is 16.0 Å². The van der Waals surface area contributed by atoms with E-state index in [4.69, 9.17) is 4.74 Å². The Morgan fingerprint density at radius 2 is 2.04 bits per heavy atom. The predicted molar refractivity (Wildman–Crippen MR) is 88.7 cm³/mol. The predicted octanol–water partition coefficient (Wildman–Crippen LogP) is 2.54. The molecular formula is C17H19FN4O2. The number of rotatable bonds is 5. The normalized spacial score (nSPS) is 13.8. The molecule has 7 heteroatoms. The second kappa shape index (κ2) is 7.25. The lowest BCUT2D eigenvalue weighted by Crippen LogP contribution is -2.23. The lowest BCUT2D eigenvalue weighted by Gasteiger charge is -2.16. The summed E-state index contributed by atoms with van der Waals surface area (Å²) in [7, 11) is 0. The van der Waals surface area contributed by atoms with Gasteiger partial charge in [-0.25, -0.2) is 9.37 Å². The third kappa shape index (κ3) is 3.98. The molecular weight excluding hydrogens is 311 g/mol. The molecule has 0 saturated carbocycles. The third-order valence-corrected chi connectivity index (χ3v) is 3.71. The smallest absolute Gasteiger partial charge is 0.262 e. The minimum Gasteiger partial charge on any atom is -0.467 e. The molecule has 0 aliphatic carbocycles. The topological polar surface area (TPSA) is 67.3 Å². The maximum Gasteiger partial charge on any atom is 0.262 e. The van der Waals surface area contributed by atoms with Crippen LogP contribution in [0.5, 0.6) is 5.88 Å². The molecule has 1 saturated heterocycles. The van der Waals surface area contributed by atoms with E-state index in [2.05, 4.69) is 20.2 Å². The van der Waals surface area contributed by atoms with Crippen molar-refractivity contribution < 1.29 is 13.9 Å². The molecule has 2 aromatic rings. The summed E-state index contributed by atoms with van der Waals surface area (Å²) in [4.78, 5) is 22.8. The number of benzene rings is 1. The van der Waals surface area contributed by atoms with Gasteiger partial charge in [0, 0.05) is 24.8 Å². The quantitative estimate of drug-likeness (QED) is 0.912. The van der Waals surface area contributed by atoms with Crippen LogP contribution in [0.2, 0.25) is 0 Å². The lowest BCUT2D eigenvalue weighted by molar-refractivity contribution is -0.118. The van der Waals surface area contributed by atoms with Crippen LogP contribution < -0.4 is 15.0 Å². The number of hydrogen-bond donors (Lipinski definition) is 1. The van der Waals surface area contributed by atoms with E-state index in [0.29, 0.717) is 11.8 Å². The number of carbonyl (C=O) groups excluding carboxylic acids is 1. The van der Waals surface area contributed by atoms with Gasteiger partial charge in [-0.1, -0.05) is 12.1 Å². The summed E-state index contributed by atoms with van der Waals surface area (Å²) in [6.07, 6.45) is 2.25. The number of carbonyl (C=O) groups is 1. The minimum absolute atomic E-state index is 0.128. The number of anilines is 2. The van der Waals surface area contributed by atoms with Crippen LogP contribution in [0.15, 0.2) is 30.3 Å². The van der Waals surface area contributed by atoms with E-state index in [-0.39, 0.29) is 12.3 Å². The number of amides is 1. The highest BCUT2D eigenvalue weighted by atomic mass is 19.1. The molecule has 0 unspecified atom stereocenters. The number of nitrogens with zero attached hydrogens (tertiary/aromatic N) is 3. The summed E-state index contributed by atoms with van der Waals surface area (Å²) in [5, 5.41) is 2.47. The Balaban J connectivity index is 1.61. The second-order valence-electron chi connectivity index (χ2n) is 5.66. The van der Waals surface area contributed by atoms with Crippen molar-refractivity contribution in [2.45, 2.75) is 19.8 Å². The number of para-hydroxylation sites is 1. The van der Waals surface area contributed by atoms with Crippen molar-refractivity contribution in [3.63, 3.8) is 0 Å². The van der Waals surface area contributed by atoms with E-state index < -0.39 is 11.7 Å². The Morgan fingerprint density at radius 3 is 2.79 bits per heavy atom. The van der Waals surface area contributed by atoms with Gasteiger partial charge in [-0.05, 0) is 31.9 Å². The maximum absolute atomic E-state index is 13.5. The summed E-state index contributed by atoms with van der Waals surface area (Å²) in [5.41, 5.74) is 0.902. The van der Waals surface area contributed by atoms with E-state index in [1.165, 1.54) is 12.1 Å². The van der Waals surface area contributed by atoms with Crippen LogP contribution in [0, 0.1) is 12.7 Å². The summed E-state index contributed by atoms with van der Waals surface area (Å²) in [6.45, 7) is 3.46. The van der Waals surface area contributed by atoms with Crippen molar-refractivity contribution in [1.29, 1.82) is 0 Å². The fourth-order valence-electron chi connectivity index (χ4n) is 2.55. The lowest BCUT2D eigenvalue weighted by atomic mass is 10.3. The molecule has 1 aromatic heterocycles. The first kappa shape index (κ1) is 16.2. The first-order chi connectivity index (χ1) is 11.6. The third-order valence-electron chi connectivity index (χ3n) is 3.71. The van der Waals surface area contributed by atoms with Crippen molar-refractivity contribution >= 4 is 17.5 Å². The van der Waals surface area contributed by atoms with Gasteiger partial charge in [-0.2, -0.15) is 4.98 Å². The molecule has 1 aliphatic rings. The molecule has 3 rings (SSSR count). The van der Waals surface area contributed by atoms with E-state index in [1.807, 2.05) is 6.92 Å². The highest BCUT2D eigenvalue weighted by Gasteiger charge is 2.16. The van der Waals surface area contributed by atoms with Crippen molar-refractivity contribution in [3.05, 3.63) is 41.8 Å². The van der Waals surface area contributed by atoms with Gasteiger partial charge in [0.25, 0.3) is 5.91 Å². The van der Waals surface area contributed by atoms with Crippen LogP contribution in [0.3, 0.4) is 0 Å². The Labute approximate surface area is 139 Å². The van der Waals surface area contributed by atoms with Crippen molar-refractivity contribution in [1.82, 2.24) is 9.97 Å².